The van der Waals surface area contributed by atoms with Crippen molar-refractivity contribution < 1.29 is 27.4 Å². The maximum atomic E-state index is 14.7. The van der Waals surface area contributed by atoms with Gasteiger partial charge in [-0.2, -0.15) is 0 Å². The first-order valence-corrected chi connectivity index (χ1v) is 10.1. The van der Waals surface area contributed by atoms with Gasteiger partial charge in [0.25, 0.3) is 5.92 Å². The van der Waals surface area contributed by atoms with Crippen molar-refractivity contribution in [2.24, 2.45) is 10.7 Å². The molecule has 0 aromatic heterocycles. The minimum atomic E-state index is -2.65. The molecule has 0 saturated carbocycles. The number of methoxy groups -OCH3 is 1. The summed E-state index contributed by atoms with van der Waals surface area (Å²) in [7, 11) is 1.48. The monoisotopic (exact) mass is 433 g/mol. The molecule has 3 aliphatic heterocycles. The SMILES string of the molecule is COC1OCC(N)=NC12c1cc(N3CCC(F)(F)CC3)ccc1Oc1c(F)cccc12. The molecule has 1 saturated heterocycles. The number of rotatable bonds is 2. The Balaban J connectivity index is 1.68. The fraction of sp³-hybridized carbons (Fsp3) is 0.409. The van der Waals surface area contributed by atoms with Crippen LogP contribution in [-0.4, -0.2) is 44.9 Å². The number of ether oxygens (including phenoxy) is 3. The summed E-state index contributed by atoms with van der Waals surface area (Å²) in [5.41, 5.74) is 6.52. The van der Waals surface area contributed by atoms with Crippen LogP contribution in [0.3, 0.4) is 0 Å². The predicted octanol–water partition coefficient (Wildman–Crippen LogP) is 3.77. The molecule has 164 valence electrons. The lowest BCUT2D eigenvalue weighted by Gasteiger charge is -2.44. The highest BCUT2D eigenvalue weighted by molar-refractivity contribution is 5.84. The van der Waals surface area contributed by atoms with E-state index >= 15 is 0 Å². The Morgan fingerprint density at radius 3 is 2.68 bits per heavy atom. The molecule has 3 aliphatic rings. The topological polar surface area (TPSA) is 69.3 Å². The fourth-order valence-corrected chi connectivity index (χ4v) is 4.57. The number of para-hydroxylation sites is 1. The Hall–Kier alpha value is -2.78. The molecule has 9 heteroatoms. The second-order valence-corrected chi connectivity index (χ2v) is 7.99. The van der Waals surface area contributed by atoms with Crippen LogP contribution in [0.4, 0.5) is 18.9 Å². The van der Waals surface area contributed by atoms with Gasteiger partial charge in [-0.3, -0.25) is 0 Å². The van der Waals surface area contributed by atoms with Crippen LogP contribution in [0.5, 0.6) is 11.5 Å². The second kappa shape index (κ2) is 7.13. The zero-order valence-electron chi connectivity index (χ0n) is 16.9. The summed E-state index contributed by atoms with van der Waals surface area (Å²) >= 11 is 0. The second-order valence-electron chi connectivity index (χ2n) is 7.99. The van der Waals surface area contributed by atoms with E-state index in [0.717, 1.165) is 5.69 Å². The van der Waals surface area contributed by atoms with E-state index in [2.05, 4.69) is 0 Å². The largest absolute Gasteiger partial charge is 0.453 e. The summed E-state index contributed by atoms with van der Waals surface area (Å²) in [6.45, 7) is 0.517. The molecule has 1 fully saturated rings. The predicted molar refractivity (Wildman–Crippen MR) is 108 cm³/mol. The number of alkyl halides is 2. The van der Waals surface area contributed by atoms with Gasteiger partial charge >= 0.3 is 0 Å². The van der Waals surface area contributed by atoms with Crippen molar-refractivity contribution in [3.05, 3.63) is 53.3 Å². The van der Waals surface area contributed by atoms with Gasteiger partial charge in [0.15, 0.2) is 23.4 Å². The molecule has 6 nitrogen and oxygen atoms in total. The molecule has 31 heavy (non-hydrogen) atoms. The lowest BCUT2D eigenvalue weighted by atomic mass is 9.78. The van der Waals surface area contributed by atoms with Crippen molar-refractivity contribution in [2.45, 2.75) is 30.6 Å². The third-order valence-corrected chi connectivity index (χ3v) is 6.08. The number of fused-ring (bicyclic) bond motifs is 4. The highest BCUT2D eigenvalue weighted by atomic mass is 19.3. The van der Waals surface area contributed by atoms with Crippen LogP contribution in [0.15, 0.2) is 41.4 Å². The molecule has 2 atom stereocenters. The summed E-state index contributed by atoms with van der Waals surface area (Å²) in [5, 5.41) is 0. The molecule has 0 aliphatic carbocycles. The minimum Gasteiger partial charge on any atom is -0.453 e. The van der Waals surface area contributed by atoms with Gasteiger partial charge in [-0.25, -0.2) is 18.2 Å². The summed E-state index contributed by atoms with van der Waals surface area (Å²) in [4.78, 5) is 6.61. The normalized spacial score (nSPS) is 26.6. The van der Waals surface area contributed by atoms with Crippen LogP contribution in [0, 0.1) is 5.82 Å². The van der Waals surface area contributed by atoms with E-state index in [9.17, 15) is 13.2 Å². The molecule has 0 amide bonds. The zero-order valence-corrected chi connectivity index (χ0v) is 16.9. The summed E-state index contributed by atoms with van der Waals surface area (Å²) < 4.78 is 59.4. The van der Waals surface area contributed by atoms with Crippen molar-refractivity contribution >= 4 is 11.5 Å². The van der Waals surface area contributed by atoms with Crippen LogP contribution in [0.2, 0.25) is 0 Å². The number of anilines is 1. The van der Waals surface area contributed by atoms with Gasteiger partial charge in [-0.05, 0) is 24.3 Å². The number of nitrogens with zero attached hydrogens (tertiary/aromatic N) is 2. The lowest BCUT2D eigenvalue weighted by Crippen LogP contribution is -2.50. The van der Waals surface area contributed by atoms with E-state index in [1.165, 1.54) is 13.2 Å². The standard InChI is InChI=1S/C22H22F3N3O3/c1-29-20-22(27-18(26)12-30-20)14-3-2-4-16(23)19(14)31-17-6-5-13(11-15(17)22)28-9-7-21(24,25)8-10-28/h2-6,11,20H,7-10,12H2,1H3,(H2,26,27). The average Bonchev–Trinajstić information content (AvgIpc) is 2.75. The Morgan fingerprint density at radius 2 is 1.94 bits per heavy atom. The van der Waals surface area contributed by atoms with Crippen molar-refractivity contribution in [1.82, 2.24) is 0 Å². The number of nitrogens with two attached hydrogens (primary N) is 1. The molecule has 5 rings (SSSR count). The van der Waals surface area contributed by atoms with Crippen LogP contribution < -0.4 is 15.4 Å². The Kier molecular flexibility index (Phi) is 4.63. The van der Waals surface area contributed by atoms with E-state index in [1.54, 1.807) is 24.3 Å². The molecule has 2 aromatic rings. The summed E-state index contributed by atoms with van der Waals surface area (Å²) in [6, 6.07) is 9.87. The van der Waals surface area contributed by atoms with E-state index in [1.807, 2.05) is 11.0 Å². The Labute approximate surface area is 177 Å². The van der Waals surface area contributed by atoms with Crippen molar-refractivity contribution in [1.29, 1.82) is 0 Å². The van der Waals surface area contributed by atoms with Crippen molar-refractivity contribution in [3.8, 4) is 11.5 Å². The number of hydrogen-bond acceptors (Lipinski definition) is 6. The van der Waals surface area contributed by atoms with Gasteiger partial charge in [-0.1, -0.05) is 12.1 Å². The third kappa shape index (κ3) is 3.14. The van der Waals surface area contributed by atoms with Crippen LogP contribution >= 0.6 is 0 Å². The smallest absolute Gasteiger partial charge is 0.251 e. The number of amidine groups is 1. The molecule has 0 bridgehead atoms. The Bertz CT molecular complexity index is 1050. The average molecular weight is 433 g/mol. The van der Waals surface area contributed by atoms with E-state index in [-0.39, 0.29) is 44.1 Å². The van der Waals surface area contributed by atoms with Crippen LogP contribution in [-0.2, 0) is 15.0 Å². The van der Waals surface area contributed by atoms with Crippen molar-refractivity contribution in [2.75, 3.05) is 31.7 Å². The van der Waals surface area contributed by atoms with Gasteiger partial charge in [-0.15, -0.1) is 0 Å². The number of piperidine rings is 1. The molecule has 0 radical (unpaired) electrons. The number of aliphatic imine (C=N–C) groups is 1. The lowest BCUT2D eigenvalue weighted by molar-refractivity contribution is -0.155. The Morgan fingerprint density at radius 1 is 1.16 bits per heavy atom. The van der Waals surface area contributed by atoms with Gasteiger partial charge < -0.3 is 24.8 Å². The molecule has 2 unspecified atom stereocenters. The van der Waals surface area contributed by atoms with Crippen LogP contribution in [0.1, 0.15) is 24.0 Å². The van der Waals surface area contributed by atoms with Crippen molar-refractivity contribution in [3.63, 3.8) is 0 Å². The molecule has 2 aromatic carbocycles. The first kappa shape index (κ1) is 20.1. The molecular formula is C22H22F3N3O3. The first-order chi connectivity index (χ1) is 14.8. The van der Waals surface area contributed by atoms with Gasteiger partial charge in [0.1, 0.15) is 18.2 Å². The quantitative estimate of drug-likeness (QED) is 0.781. The molecule has 2 N–H and O–H groups in total. The number of halogens is 3. The summed E-state index contributed by atoms with van der Waals surface area (Å²) in [6.07, 6.45) is -1.31. The maximum Gasteiger partial charge on any atom is 0.251 e. The molecule has 3 heterocycles. The molecule has 1 spiro atoms. The van der Waals surface area contributed by atoms with E-state index in [4.69, 9.17) is 24.9 Å². The maximum absolute atomic E-state index is 14.7. The van der Waals surface area contributed by atoms with E-state index < -0.39 is 23.6 Å². The highest BCUT2D eigenvalue weighted by Crippen LogP contribution is 2.54. The highest BCUT2D eigenvalue weighted by Gasteiger charge is 2.52. The van der Waals surface area contributed by atoms with Crippen LogP contribution in [0.25, 0.3) is 0 Å². The van der Waals surface area contributed by atoms with E-state index in [0.29, 0.717) is 16.9 Å². The zero-order chi connectivity index (χ0) is 21.8. The van der Waals surface area contributed by atoms with Gasteiger partial charge in [0, 0.05) is 49.9 Å². The first-order valence-electron chi connectivity index (χ1n) is 10.1. The number of hydrogen-bond donors (Lipinski definition) is 1. The fourth-order valence-electron chi connectivity index (χ4n) is 4.57. The van der Waals surface area contributed by atoms with Gasteiger partial charge in [0.2, 0.25) is 0 Å². The van der Waals surface area contributed by atoms with Gasteiger partial charge in [0.05, 0.1) is 0 Å². The summed E-state index contributed by atoms with van der Waals surface area (Å²) in [5.74, 6) is -2.54. The molecular weight excluding hydrogens is 411 g/mol. The third-order valence-electron chi connectivity index (χ3n) is 6.08. The number of benzene rings is 2. The minimum absolute atomic E-state index is 0.0319.